The maximum absolute atomic E-state index is 13.3. The molecule has 26 heavy (non-hydrogen) atoms. The van der Waals surface area contributed by atoms with Gasteiger partial charge in [-0.1, -0.05) is 30.3 Å². The van der Waals surface area contributed by atoms with Gasteiger partial charge in [0, 0.05) is 25.6 Å². The second kappa shape index (κ2) is 9.09. The quantitative estimate of drug-likeness (QED) is 0.856. The first-order valence-corrected chi connectivity index (χ1v) is 8.89. The molecule has 0 spiro atoms. The molecule has 1 aromatic carbocycles. The van der Waals surface area contributed by atoms with Gasteiger partial charge in [0.15, 0.2) is 0 Å². The number of carbonyl (C=O) groups is 1. The third kappa shape index (κ3) is 4.59. The molecule has 0 radical (unpaired) electrons. The highest BCUT2D eigenvalue weighted by Crippen LogP contribution is 2.24. The van der Waals surface area contributed by atoms with Crippen LogP contribution in [0.2, 0.25) is 0 Å². The van der Waals surface area contributed by atoms with Crippen molar-refractivity contribution in [1.29, 1.82) is 0 Å². The first-order valence-electron chi connectivity index (χ1n) is 8.89. The van der Waals surface area contributed by atoms with E-state index in [9.17, 15) is 4.79 Å². The van der Waals surface area contributed by atoms with E-state index in [1.54, 1.807) is 4.68 Å². The molecule has 2 aromatic rings. The third-order valence-electron chi connectivity index (χ3n) is 5.02. The molecule has 1 amide bonds. The van der Waals surface area contributed by atoms with Crippen molar-refractivity contribution in [3.63, 3.8) is 0 Å². The normalized spacial score (nSPS) is 19.5. The number of aromatic nitrogens is 4. The predicted octanol–water partition coefficient (Wildman–Crippen LogP) is 1.77. The number of aryl methyl sites for hydroxylation is 1. The molecule has 7 nitrogen and oxygen atoms in total. The predicted molar refractivity (Wildman–Crippen MR) is 102 cm³/mol. The lowest BCUT2D eigenvalue weighted by molar-refractivity contribution is -0.137. The summed E-state index contributed by atoms with van der Waals surface area (Å²) in [6, 6.07) is 9.66. The lowest BCUT2D eigenvalue weighted by atomic mass is 9.91. The average molecular weight is 379 g/mol. The topological polar surface area (TPSA) is 89.9 Å². The molecule has 1 aliphatic rings. The van der Waals surface area contributed by atoms with Gasteiger partial charge in [-0.3, -0.25) is 4.79 Å². The fourth-order valence-corrected chi connectivity index (χ4v) is 3.49. The van der Waals surface area contributed by atoms with Crippen LogP contribution in [-0.2, 0) is 11.2 Å². The number of nitrogens with zero attached hydrogens (tertiary/aromatic N) is 5. The van der Waals surface area contributed by atoms with Crippen LogP contribution in [0, 0.1) is 12.8 Å². The van der Waals surface area contributed by atoms with Gasteiger partial charge < -0.3 is 10.6 Å². The Labute approximate surface area is 160 Å². The maximum atomic E-state index is 13.3. The van der Waals surface area contributed by atoms with E-state index in [-0.39, 0.29) is 24.4 Å². The monoisotopic (exact) mass is 378 g/mol. The smallest absolute Gasteiger partial charge is 0.247 e. The molecule has 2 N–H and O–H groups in total. The SMILES string of the molecule is Cc1nnnn1C(Cc1ccccc1)C(=O)N1CCCC(C(C)N)C1.Cl. The Morgan fingerprint density at radius 1 is 1.35 bits per heavy atom. The van der Waals surface area contributed by atoms with Crippen LogP contribution in [-0.4, -0.2) is 50.1 Å². The molecule has 1 aliphatic heterocycles. The van der Waals surface area contributed by atoms with E-state index in [0.29, 0.717) is 24.7 Å². The minimum Gasteiger partial charge on any atom is -0.340 e. The summed E-state index contributed by atoms with van der Waals surface area (Å²) in [6.45, 7) is 5.33. The van der Waals surface area contributed by atoms with Crippen LogP contribution in [0.15, 0.2) is 30.3 Å². The number of hydrogen-bond donors (Lipinski definition) is 1. The van der Waals surface area contributed by atoms with E-state index >= 15 is 0 Å². The number of piperidine rings is 1. The Hall–Kier alpha value is -1.99. The number of carbonyl (C=O) groups excluding carboxylic acids is 1. The molecule has 1 fully saturated rings. The van der Waals surface area contributed by atoms with E-state index in [1.807, 2.05) is 49.1 Å². The van der Waals surface area contributed by atoms with Crippen molar-refractivity contribution in [3.05, 3.63) is 41.7 Å². The highest BCUT2D eigenvalue weighted by atomic mass is 35.5. The van der Waals surface area contributed by atoms with Crippen LogP contribution < -0.4 is 5.73 Å². The summed E-state index contributed by atoms with van der Waals surface area (Å²) in [4.78, 5) is 15.2. The van der Waals surface area contributed by atoms with Crippen LogP contribution in [0.5, 0.6) is 0 Å². The van der Waals surface area contributed by atoms with Gasteiger partial charge in [0.05, 0.1) is 0 Å². The first kappa shape index (κ1) is 20.3. The van der Waals surface area contributed by atoms with E-state index in [2.05, 4.69) is 15.5 Å². The standard InChI is InChI=1S/C18H26N6O.ClH/c1-13(19)16-9-6-10-23(12-16)18(25)17(24-14(2)20-21-22-24)11-15-7-4-3-5-8-15;/h3-5,7-8,13,16-17H,6,9-12,19H2,1-2H3;1H. The van der Waals surface area contributed by atoms with Gasteiger partial charge in [0.1, 0.15) is 11.9 Å². The summed E-state index contributed by atoms with van der Waals surface area (Å²) >= 11 is 0. The Kier molecular flexibility index (Phi) is 7.11. The summed E-state index contributed by atoms with van der Waals surface area (Å²) in [5.41, 5.74) is 7.17. The Balaban J connectivity index is 0.00000243. The molecule has 0 bridgehead atoms. The summed E-state index contributed by atoms with van der Waals surface area (Å²) in [7, 11) is 0. The third-order valence-corrected chi connectivity index (χ3v) is 5.02. The fraction of sp³-hybridized carbons (Fsp3) is 0.556. The minimum absolute atomic E-state index is 0. The van der Waals surface area contributed by atoms with Gasteiger partial charge in [-0.15, -0.1) is 17.5 Å². The van der Waals surface area contributed by atoms with E-state index in [4.69, 9.17) is 5.73 Å². The summed E-state index contributed by atoms with van der Waals surface area (Å²) < 4.78 is 1.64. The lowest BCUT2D eigenvalue weighted by Gasteiger charge is -2.36. The van der Waals surface area contributed by atoms with Gasteiger partial charge in [-0.25, -0.2) is 4.68 Å². The Morgan fingerprint density at radius 3 is 2.69 bits per heavy atom. The van der Waals surface area contributed by atoms with Gasteiger partial charge in [-0.05, 0) is 48.6 Å². The molecule has 142 valence electrons. The average Bonchev–Trinajstić information content (AvgIpc) is 3.06. The largest absolute Gasteiger partial charge is 0.340 e. The minimum atomic E-state index is -0.427. The van der Waals surface area contributed by atoms with Crippen LogP contribution in [0.3, 0.4) is 0 Å². The van der Waals surface area contributed by atoms with Crippen molar-refractivity contribution in [2.75, 3.05) is 13.1 Å². The highest BCUT2D eigenvalue weighted by Gasteiger charge is 2.32. The molecule has 8 heteroatoms. The maximum Gasteiger partial charge on any atom is 0.247 e. The lowest BCUT2D eigenvalue weighted by Crippen LogP contribution is -2.48. The summed E-state index contributed by atoms with van der Waals surface area (Å²) in [5, 5.41) is 11.8. The number of halogens is 1. The molecular formula is C18H27ClN6O. The zero-order valence-electron chi connectivity index (χ0n) is 15.3. The van der Waals surface area contributed by atoms with Gasteiger partial charge in [0.25, 0.3) is 0 Å². The van der Waals surface area contributed by atoms with Crippen molar-refractivity contribution >= 4 is 18.3 Å². The van der Waals surface area contributed by atoms with Gasteiger partial charge in [0.2, 0.25) is 5.91 Å². The molecule has 2 heterocycles. The molecule has 1 aromatic heterocycles. The first-order chi connectivity index (χ1) is 12.1. The van der Waals surface area contributed by atoms with Crippen LogP contribution >= 0.6 is 12.4 Å². The number of tetrazole rings is 1. The number of nitrogens with two attached hydrogens (primary N) is 1. The van der Waals surface area contributed by atoms with E-state index in [1.165, 1.54) is 0 Å². The van der Waals surface area contributed by atoms with Crippen molar-refractivity contribution < 1.29 is 4.79 Å². The van der Waals surface area contributed by atoms with Gasteiger partial charge in [-0.2, -0.15) is 0 Å². The number of benzene rings is 1. The Bertz CT molecular complexity index is 705. The number of amides is 1. The molecule has 3 rings (SSSR count). The van der Waals surface area contributed by atoms with Crippen molar-refractivity contribution in [1.82, 2.24) is 25.1 Å². The fourth-order valence-electron chi connectivity index (χ4n) is 3.49. The number of rotatable bonds is 5. The van der Waals surface area contributed by atoms with E-state index < -0.39 is 6.04 Å². The van der Waals surface area contributed by atoms with Crippen LogP contribution in [0.25, 0.3) is 0 Å². The highest BCUT2D eigenvalue weighted by molar-refractivity contribution is 5.85. The van der Waals surface area contributed by atoms with Gasteiger partial charge >= 0.3 is 0 Å². The molecule has 0 saturated carbocycles. The molecule has 3 atom stereocenters. The second-order valence-electron chi connectivity index (χ2n) is 6.92. The molecular weight excluding hydrogens is 352 g/mol. The molecule has 3 unspecified atom stereocenters. The second-order valence-corrected chi connectivity index (χ2v) is 6.92. The molecule has 1 saturated heterocycles. The number of hydrogen-bond acceptors (Lipinski definition) is 5. The summed E-state index contributed by atoms with van der Waals surface area (Å²) in [5.74, 6) is 1.07. The van der Waals surface area contributed by atoms with Crippen molar-refractivity contribution in [2.24, 2.45) is 11.7 Å². The van der Waals surface area contributed by atoms with Crippen LogP contribution in [0.4, 0.5) is 0 Å². The van der Waals surface area contributed by atoms with Crippen LogP contribution in [0.1, 0.15) is 37.2 Å². The number of likely N-dealkylation sites (tertiary alicyclic amines) is 1. The zero-order chi connectivity index (χ0) is 17.8. The molecule has 0 aliphatic carbocycles. The summed E-state index contributed by atoms with van der Waals surface area (Å²) in [6.07, 6.45) is 2.64. The van der Waals surface area contributed by atoms with E-state index in [0.717, 1.165) is 24.9 Å². The van der Waals surface area contributed by atoms with Crippen molar-refractivity contribution in [2.45, 2.75) is 45.2 Å². The Morgan fingerprint density at radius 2 is 2.08 bits per heavy atom. The van der Waals surface area contributed by atoms with Crippen molar-refractivity contribution in [3.8, 4) is 0 Å². The zero-order valence-corrected chi connectivity index (χ0v) is 16.1.